The summed E-state index contributed by atoms with van der Waals surface area (Å²) < 4.78 is 26.7. The fourth-order valence-electron chi connectivity index (χ4n) is 2.08. The van der Waals surface area contributed by atoms with Crippen LogP contribution in [0.5, 0.6) is 0 Å². The molecule has 0 radical (unpaired) electrons. The molecule has 3 N–H and O–H groups in total. The third kappa shape index (κ3) is 8.49. The normalized spacial score (nSPS) is 11.7. The molecule has 27 heavy (non-hydrogen) atoms. The first-order chi connectivity index (χ1) is 12.5. The standard InChI is InChI=1S/C16H24N6O2S2.HI/c1-3-18-16(19-8-6-15-21-11-13(2)25-15)20-9-10-22-26(23,24)14-5-4-7-17-12-14;/h4-5,7,11-12,22H,3,6,8-10H2,1-2H3,(H2,18,19,20);1H. The molecule has 150 valence electrons. The van der Waals surface area contributed by atoms with Crippen molar-refractivity contribution in [2.24, 2.45) is 4.99 Å². The van der Waals surface area contributed by atoms with Gasteiger partial charge in [0.05, 0.1) is 11.6 Å². The molecule has 0 saturated carbocycles. The summed E-state index contributed by atoms with van der Waals surface area (Å²) >= 11 is 1.68. The van der Waals surface area contributed by atoms with Crippen LogP contribution in [0.3, 0.4) is 0 Å². The second-order valence-corrected chi connectivity index (χ2v) is 8.47. The summed E-state index contributed by atoms with van der Waals surface area (Å²) in [6.07, 6.45) is 5.53. The Bertz CT molecular complexity index is 811. The quantitative estimate of drug-likeness (QED) is 0.199. The van der Waals surface area contributed by atoms with Gasteiger partial charge in [-0.2, -0.15) is 0 Å². The van der Waals surface area contributed by atoms with E-state index in [2.05, 4.69) is 30.3 Å². The van der Waals surface area contributed by atoms with Gasteiger partial charge in [0, 0.05) is 49.5 Å². The van der Waals surface area contributed by atoms with E-state index in [-0.39, 0.29) is 35.4 Å². The van der Waals surface area contributed by atoms with Crippen molar-refractivity contribution in [1.29, 1.82) is 0 Å². The largest absolute Gasteiger partial charge is 0.357 e. The predicted octanol–water partition coefficient (Wildman–Crippen LogP) is 1.54. The molecule has 0 unspecified atom stereocenters. The topological polar surface area (TPSA) is 108 Å². The van der Waals surface area contributed by atoms with Gasteiger partial charge < -0.3 is 10.6 Å². The molecular weight excluding hydrogens is 499 g/mol. The highest BCUT2D eigenvalue weighted by molar-refractivity contribution is 14.0. The van der Waals surface area contributed by atoms with Gasteiger partial charge in [0.2, 0.25) is 10.0 Å². The van der Waals surface area contributed by atoms with Gasteiger partial charge in [-0.3, -0.25) is 9.98 Å². The van der Waals surface area contributed by atoms with Gasteiger partial charge in [-0.05, 0) is 26.0 Å². The van der Waals surface area contributed by atoms with Crippen LogP contribution >= 0.6 is 35.3 Å². The fraction of sp³-hybridized carbons (Fsp3) is 0.438. The second kappa shape index (κ2) is 12.2. The molecule has 0 aliphatic heterocycles. The molecule has 0 aromatic carbocycles. The van der Waals surface area contributed by atoms with Crippen molar-refractivity contribution >= 4 is 51.3 Å². The van der Waals surface area contributed by atoms with Crippen molar-refractivity contribution < 1.29 is 8.42 Å². The monoisotopic (exact) mass is 524 g/mol. The molecule has 2 rings (SSSR count). The molecule has 0 atom stereocenters. The number of nitrogens with zero attached hydrogens (tertiary/aromatic N) is 3. The van der Waals surface area contributed by atoms with Gasteiger partial charge in [0.25, 0.3) is 0 Å². The van der Waals surface area contributed by atoms with Gasteiger partial charge in [0.15, 0.2) is 5.96 Å². The number of halogens is 1. The Morgan fingerprint density at radius 1 is 1.26 bits per heavy atom. The maximum absolute atomic E-state index is 12.1. The predicted molar refractivity (Wildman–Crippen MR) is 119 cm³/mol. The molecule has 11 heteroatoms. The minimum Gasteiger partial charge on any atom is -0.357 e. The molecule has 2 heterocycles. The van der Waals surface area contributed by atoms with E-state index in [1.807, 2.05) is 20.0 Å². The lowest BCUT2D eigenvalue weighted by Gasteiger charge is -2.11. The molecule has 0 aliphatic rings. The van der Waals surface area contributed by atoms with Gasteiger partial charge >= 0.3 is 0 Å². The molecule has 0 spiro atoms. The lowest BCUT2D eigenvalue weighted by Crippen LogP contribution is -2.39. The molecule has 0 bridgehead atoms. The van der Waals surface area contributed by atoms with Gasteiger partial charge in [0.1, 0.15) is 4.90 Å². The summed E-state index contributed by atoms with van der Waals surface area (Å²) in [6, 6.07) is 3.09. The van der Waals surface area contributed by atoms with E-state index in [9.17, 15) is 8.42 Å². The molecule has 2 aromatic heterocycles. The van der Waals surface area contributed by atoms with Crippen LogP contribution in [0.4, 0.5) is 0 Å². The average molecular weight is 524 g/mol. The van der Waals surface area contributed by atoms with Crippen LogP contribution in [-0.2, 0) is 16.4 Å². The summed E-state index contributed by atoms with van der Waals surface area (Å²) in [5, 5.41) is 7.44. The average Bonchev–Trinajstić information content (AvgIpc) is 3.04. The highest BCUT2D eigenvalue weighted by Gasteiger charge is 2.12. The Labute approximate surface area is 181 Å². The van der Waals surface area contributed by atoms with Crippen LogP contribution in [0.15, 0.2) is 40.6 Å². The summed E-state index contributed by atoms with van der Waals surface area (Å²) in [5.41, 5.74) is 0. The summed E-state index contributed by atoms with van der Waals surface area (Å²) in [7, 11) is -3.55. The maximum atomic E-state index is 12.1. The summed E-state index contributed by atoms with van der Waals surface area (Å²) in [5.74, 6) is 0.654. The van der Waals surface area contributed by atoms with Gasteiger partial charge in [-0.1, -0.05) is 0 Å². The summed E-state index contributed by atoms with van der Waals surface area (Å²) in [6.45, 7) is 5.98. The molecular formula is C16H25IN6O2S2. The number of aryl methyl sites for hydroxylation is 1. The molecule has 8 nitrogen and oxygen atoms in total. The van der Waals surface area contributed by atoms with E-state index in [1.54, 1.807) is 17.4 Å². The van der Waals surface area contributed by atoms with Crippen LogP contribution in [-0.4, -0.2) is 50.5 Å². The van der Waals surface area contributed by atoms with Crippen LogP contribution in [0, 0.1) is 6.92 Å². The highest BCUT2D eigenvalue weighted by atomic mass is 127. The Balaban J connectivity index is 0.00000364. The number of hydrogen-bond donors (Lipinski definition) is 3. The van der Waals surface area contributed by atoms with E-state index in [0.29, 0.717) is 19.0 Å². The number of aliphatic imine (C=N–C) groups is 1. The Morgan fingerprint density at radius 2 is 2.07 bits per heavy atom. The van der Waals surface area contributed by atoms with Crippen molar-refractivity contribution in [3.63, 3.8) is 0 Å². The second-order valence-electron chi connectivity index (χ2n) is 5.39. The summed E-state index contributed by atoms with van der Waals surface area (Å²) in [4.78, 5) is 13.9. The Morgan fingerprint density at radius 3 is 2.70 bits per heavy atom. The number of hydrogen-bond acceptors (Lipinski definition) is 6. The number of sulfonamides is 1. The number of aromatic nitrogens is 2. The minimum absolute atomic E-state index is 0. The van der Waals surface area contributed by atoms with Crippen molar-refractivity contribution in [3.8, 4) is 0 Å². The van der Waals surface area contributed by atoms with Crippen LogP contribution in [0.1, 0.15) is 16.8 Å². The van der Waals surface area contributed by atoms with Crippen molar-refractivity contribution in [1.82, 2.24) is 25.3 Å². The molecule has 0 saturated heterocycles. The molecule has 0 aliphatic carbocycles. The SMILES string of the molecule is CCNC(=NCCNS(=O)(=O)c1cccnc1)NCCc1ncc(C)s1.I. The van der Waals surface area contributed by atoms with E-state index in [4.69, 9.17) is 0 Å². The Hall–Kier alpha value is -1.31. The van der Waals surface area contributed by atoms with E-state index >= 15 is 0 Å². The van der Waals surface area contributed by atoms with Crippen LogP contribution in [0.25, 0.3) is 0 Å². The number of pyridine rings is 1. The van der Waals surface area contributed by atoms with Crippen molar-refractivity contribution in [2.45, 2.75) is 25.2 Å². The van der Waals surface area contributed by atoms with Crippen LogP contribution < -0.4 is 15.4 Å². The van der Waals surface area contributed by atoms with Crippen molar-refractivity contribution in [2.75, 3.05) is 26.2 Å². The number of guanidine groups is 1. The van der Waals surface area contributed by atoms with E-state index in [1.165, 1.54) is 23.3 Å². The van der Waals surface area contributed by atoms with Gasteiger partial charge in [-0.25, -0.2) is 18.1 Å². The lowest BCUT2D eigenvalue weighted by atomic mass is 10.4. The first-order valence-corrected chi connectivity index (χ1v) is 10.6. The van der Waals surface area contributed by atoms with Crippen molar-refractivity contribution in [3.05, 3.63) is 40.6 Å². The lowest BCUT2D eigenvalue weighted by molar-refractivity contribution is 0.581. The molecule has 0 fully saturated rings. The van der Waals surface area contributed by atoms with E-state index < -0.39 is 10.0 Å². The smallest absolute Gasteiger partial charge is 0.242 e. The maximum Gasteiger partial charge on any atom is 0.242 e. The van der Waals surface area contributed by atoms with Crippen LogP contribution in [0.2, 0.25) is 0 Å². The molecule has 0 amide bonds. The minimum atomic E-state index is -3.55. The fourth-order valence-corrected chi connectivity index (χ4v) is 3.85. The highest BCUT2D eigenvalue weighted by Crippen LogP contribution is 2.10. The number of rotatable bonds is 9. The first kappa shape index (κ1) is 23.7. The third-order valence-corrected chi connectivity index (χ3v) is 5.68. The zero-order valence-corrected chi connectivity index (χ0v) is 19.3. The van der Waals surface area contributed by atoms with E-state index in [0.717, 1.165) is 18.0 Å². The first-order valence-electron chi connectivity index (χ1n) is 8.34. The number of thiazole rings is 1. The zero-order valence-electron chi connectivity index (χ0n) is 15.3. The molecule has 2 aromatic rings. The van der Waals surface area contributed by atoms with Gasteiger partial charge in [-0.15, -0.1) is 35.3 Å². The number of nitrogens with one attached hydrogen (secondary N) is 3. The zero-order chi connectivity index (χ0) is 18.8. The Kier molecular flexibility index (Phi) is 10.7. The third-order valence-electron chi connectivity index (χ3n) is 3.26.